The van der Waals surface area contributed by atoms with Crippen molar-refractivity contribution < 1.29 is 4.74 Å². The van der Waals surface area contributed by atoms with E-state index in [9.17, 15) is 0 Å². The highest BCUT2D eigenvalue weighted by Crippen LogP contribution is 2.44. The molecule has 0 aliphatic heterocycles. The Bertz CT molecular complexity index is 234. The zero-order valence-electron chi connectivity index (χ0n) is 13.3. The lowest BCUT2D eigenvalue weighted by atomic mass is 9.68. The van der Waals surface area contributed by atoms with Crippen molar-refractivity contribution in [3.05, 3.63) is 0 Å². The van der Waals surface area contributed by atoms with Gasteiger partial charge in [0.05, 0.1) is 5.60 Å². The molecule has 0 aromatic carbocycles. The van der Waals surface area contributed by atoms with Crippen LogP contribution in [-0.2, 0) is 4.74 Å². The van der Waals surface area contributed by atoms with Crippen LogP contribution in [-0.4, -0.2) is 12.7 Å². The summed E-state index contributed by atoms with van der Waals surface area (Å²) in [5.74, 6) is 2.08. The Morgan fingerprint density at radius 3 is 2.11 bits per heavy atom. The first-order valence-corrected chi connectivity index (χ1v) is 8.85. The second-order valence-electron chi connectivity index (χ2n) is 7.08. The molecule has 0 radical (unpaired) electrons. The van der Waals surface area contributed by atoms with Gasteiger partial charge in [0.15, 0.2) is 0 Å². The summed E-state index contributed by atoms with van der Waals surface area (Å²) in [6.45, 7) is 2.29. The third kappa shape index (κ3) is 4.21. The smallest absolute Gasteiger partial charge is 0.0679 e. The fraction of sp³-hybridized carbons (Fsp3) is 1.00. The molecule has 1 heteroatoms. The highest BCUT2D eigenvalue weighted by molar-refractivity contribution is 4.89. The highest BCUT2D eigenvalue weighted by atomic mass is 16.5. The number of hydrogen-bond donors (Lipinski definition) is 0. The van der Waals surface area contributed by atoms with Crippen LogP contribution in [0.3, 0.4) is 0 Å². The number of hydrogen-bond acceptors (Lipinski definition) is 1. The standard InChI is InChI=1S/C18H34O/c1-3-4-8-13-18(19-2)14-11-17(12-15-18)16-9-6-5-7-10-16/h16-17H,3-15H2,1-2H3. The maximum Gasteiger partial charge on any atom is 0.0679 e. The zero-order chi connectivity index (χ0) is 13.6. The zero-order valence-corrected chi connectivity index (χ0v) is 13.3. The van der Waals surface area contributed by atoms with Gasteiger partial charge >= 0.3 is 0 Å². The van der Waals surface area contributed by atoms with Crippen LogP contribution in [0, 0.1) is 11.8 Å². The average molecular weight is 266 g/mol. The van der Waals surface area contributed by atoms with Crippen LogP contribution in [0.1, 0.15) is 90.4 Å². The monoisotopic (exact) mass is 266 g/mol. The van der Waals surface area contributed by atoms with Crippen LogP contribution < -0.4 is 0 Å². The van der Waals surface area contributed by atoms with Crippen molar-refractivity contribution in [3.8, 4) is 0 Å². The minimum absolute atomic E-state index is 0.250. The summed E-state index contributed by atoms with van der Waals surface area (Å²) in [5.41, 5.74) is 0.250. The molecule has 2 fully saturated rings. The molecule has 2 saturated carbocycles. The first-order chi connectivity index (χ1) is 9.29. The van der Waals surface area contributed by atoms with Gasteiger partial charge < -0.3 is 4.74 Å². The molecule has 112 valence electrons. The summed E-state index contributed by atoms with van der Waals surface area (Å²) in [6.07, 6.45) is 18.4. The topological polar surface area (TPSA) is 9.23 Å². The molecule has 0 aromatic heterocycles. The predicted molar refractivity (Wildman–Crippen MR) is 82.4 cm³/mol. The van der Waals surface area contributed by atoms with Gasteiger partial charge in [0.2, 0.25) is 0 Å². The lowest BCUT2D eigenvalue weighted by molar-refractivity contribution is -0.0632. The minimum Gasteiger partial charge on any atom is -0.378 e. The van der Waals surface area contributed by atoms with Crippen molar-refractivity contribution in [2.45, 2.75) is 96.0 Å². The van der Waals surface area contributed by atoms with Crippen molar-refractivity contribution in [2.75, 3.05) is 7.11 Å². The lowest BCUT2D eigenvalue weighted by Gasteiger charge is -2.42. The van der Waals surface area contributed by atoms with Gasteiger partial charge in [-0.2, -0.15) is 0 Å². The van der Waals surface area contributed by atoms with Gasteiger partial charge in [-0.1, -0.05) is 58.3 Å². The van der Waals surface area contributed by atoms with Crippen molar-refractivity contribution in [1.82, 2.24) is 0 Å². The van der Waals surface area contributed by atoms with E-state index in [0.717, 1.165) is 11.8 Å². The van der Waals surface area contributed by atoms with Crippen molar-refractivity contribution >= 4 is 0 Å². The molecule has 19 heavy (non-hydrogen) atoms. The van der Waals surface area contributed by atoms with E-state index in [2.05, 4.69) is 6.92 Å². The van der Waals surface area contributed by atoms with Crippen molar-refractivity contribution in [3.63, 3.8) is 0 Å². The maximum atomic E-state index is 5.96. The molecule has 0 saturated heterocycles. The Kier molecular flexibility index (Phi) is 6.19. The predicted octanol–water partition coefficient (Wildman–Crippen LogP) is 5.72. The molecule has 0 unspecified atom stereocenters. The molecule has 2 aliphatic carbocycles. The summed E-state index contributed by atoms with van der Waals surface area (Å²) in [4.78, 5) is 0. The Morgan fingerprint density at radius 1 is 0.895 bits per heavy atom. The van der Waals surface area contributed by atoms with E-state index < -0.39 is 0 Å². The molecule has 0 aromatic rings. The summed E-state index contributed by atoms with van der Waals surface area (Å²) in [7, 11) is 1.95. The first kappa shape index (κ1) is 15.4. The van der Waals surface area contributed by atoms with Crippen LogP contribution in [0.15, 0.2) is 0 Å². The molecule has 2 aliphatic rings. The molecule has 0 N–H and O–H groups in total. The number of ether oxygens (including phenoxy) is 1. The van der Waals surface area contributed by atoms with Crippen LogP contribution in [0.4, 0.5) is 0 Å². The van der Waals surface area contributed by atoms with Gasteiger partial charge in [-0.05, 0) is 43.9 Å². The van der Waals surface area contributed by atoms with E-state index in [1.165, 1.54) is 83.5 Å². The Labute approximate surface area is 120 Å². The van der Waals surface area contributed by atoms with Gasteiger partial charge in [0, 0.05) is 7.11 Å². The van der Waals surface area contributed by atoms with Gasteiger partial charge in [-0.25, -0.2) is 0 Å². The lowest BCUT2D eigenvalue weighted by Crippen LogP contribution is -2.38. The molecule has 0 atom stereocenters. The third-order valence-electron chi connectivity index (χ3n) is 5.93. The number of methoxy groups -OCH3 is 1. The summed E-state index contributed by atoms with van der Waals surface area (Å²) >= 11 is 0. The van der Waals surface area contributed by atoms with E-state index in [4.69, 9.17) is 4.74 Å². The number of rotatable bonds is 6. The van der Waals surface area contributed by atoms with Crippen LogP contribution in [0.25, 0.3) is 0 Å². The molecule has 2 rings (SSSR count). The normalized spacial score (nSPS) is 33.5. The molecule has 0 heterocycles. The Balaban J connectivity index is 1.78. The van der Waals surface area contributed by atoms with E-state index in [-0.39, 0.29) is 5.60 Å². The quantitative estimate of drug-likeness (QED) is 0.558. The molecule has 0 amide bonds. The maximum absolute atomic E-state index is 5.96. The van der Waals surface area contributed by atoms with Crippen LogP contribution in [0.2, 0.25) is 0 Å². The van der Waals surface area contributed by atoms with E-state index in [0.29, 0.717) is 0 Å². The van der Waals surface area contributed by atoms with Gasteiger partial charge in [-0.3, -0.25) is 0 Å². The molecular formula is C18H34O. The first-order valence-electron chi connectivity index (χ1n) is 8.85. The second-order valence-corrected chi connectivity index (χ2v) is 7.08. The summed E-state index contributed by atoms with van der Waals surface area (Å²) in [6, 6.07) is 0. The van der Waals surface area contributed by atoms with Crippen molar-refractivity contribution in [2.24, 2.45) is 11.8 Å². The van der Waals surface area contributed by atoms with Gasteiger partial charge in [0.1, 0.15) is 0 Å². The van der Waals surface area contributed by atoms with Crippen LogP contribution in [0.5, 0.6) is 0 Å². The largest absolute Gasteiger partial charge is 0.378 e. The molecule has 0 spiro atoms. The van der Waals surface area contributed by atoms with Crippen LogP contribution >= 0.6 is 0 Å². The number of unbranched alkanes of at least 4 members (excludes halogenated alkanes) is 2. The van der Waals surface area contributed by atoms with Gasteiger partial charge in [0.25, 0.3) is 0 Å². The second kappa shape index (κ2) is 7.67. The van der Waals surface area contributed by atoms with E-state index in [1.54, 1.807) is 0 Å². The molecule has 0 bridgehead atoms. The van der Waals surface area contributed by atoms with Crippen molar-refractivity contribution in [1.29, 1.82) is 0 Å². The molecular weight excluding hydrogens is 232 g/mol. The fourth-order valence-corrected chi connectivity index (χ4v) is 4.50. The fourth-order valence-electron chi connectivity index (χ4n) is 4.50. The molecule has 1 nitrogen and oxygen atoms in total. The Morgan fingerprint density at radius 2 is 1.53 bits per heavy atom. The third-order valence-corrected chi connectivity index (χ3v) is 5.93. The minimum atomic E-state index is 0.250. The summed E-state index contributed by atoms with van der Waals surface area (Å²) < 4.78 is 5.96. The SMILES string of the molecule is CCCCCC1(OC)CCC(C2CCCCC2)CC1. The summed E-state index contributed by atoms with van der Waals surface area (Å²) in [5, 5.41) is 0. The van der Waals surface area contributed by atoms with Gasteiger partial charge in [-0.15, -0.1) is 0 Å². The van der Waals surface area contributed by atoms with E-state index >= 15 is 0 Å². The van der Waals surface area contributed by atoms with E-state index in [1.807, 2.05) is 7.11 Å². The Hall–Kier alpha value is -0.0400. The highest BCUT2D eigenvalue weighted by Gasteiger charge is 2.37. The average Bonchev–Trinajstić information content (AvgIpc) is 2.49.